The molecule has 1 fully saturated rings. The Bertz CT molecular complexity index is 1540. The van der Waals surface area contributed by atoms with Crippen LogP contribution in [0.25, 0.3) is 22.5 Å². The van der Waals surface area contributed by atoms with Gasteiger partial charge in [-0.15, -0.1) is 0 Å². The first-order chi connectivity index (χ1) is 20.7. The van der Waals surface area contributed by atoms with E-state index in [-0.39, 0.29) is 0 Å². The summed E-state index contributed by atoms with van der Waals surface area (Å²) >= 11 is 0. The SMILES string of the molecule is Cc1cc(-c2cc(CN3CCN(Cc4ccnc(-c5ccccc5)c4)CC3)ccn2)cc(C)c1C.O=C(O)/C=C/C(=O)O. The maximum atomic E-state index is 9.55. The molecule has 1 aliphatic heterocycles. The molecule has 3 heterocycles. The van der Waals surface area contributed by atoms with Crippen molar-refractivity contribution in [1.29, 1.82) is 0 Å². The van der Waals surface area contributed by atoms with E-state index in [1.807, 2.05) is 18.5 Å². The summed E-state index contributed by atoms with van der Waals surface area (Å²) < 4.78 is 0. The molecule has 0 bridgehead atoms. The van der Waals surface area contributed by atoms with E-state index in [2.05, 4.69) is 101 Å². The van der Waals surface area contributed by atoms with Crippen LogP contribution in [0.5, 0.6) is 0 Å². The fraction of sp³-hybridized carbons (Fsp3) is 0.257. The van der Waals surface area contributed by atoms with Crippen LogP contribution in [0, 0.1) is 20.8 Å². The number of hydrogen-bond acceptors (Lipinski definition) is 6. The first kappa shape index (κ1) is 31.3. The van der Waals surface area contributed by atoms with Gasteiger partial charge in [-0.3, -0.25) is 19.8 Å². The minimum absolute atomic E-state index is 0.558. The highest BCUT2D eigenvalue weighted by molar-refractivity contribution is 5.89. The zero-order chi connectivity index (χ0) is 30.8. The predicted octanol–water partition coefficient (Wildman–Crippen LogP) is 5.77. The quantitative estimate of drug-likeness (QED) is 0.254. The van der Waals surface area contributed by atoms with Gasteiger partial charge in [0.1, 0.15) is 0 Å². The molecular formula is C35H38N4O4. The molecule has 43 heavy (non-hydrogen) atoms. The lowest BCUT2D eigenvalue weighted by molar-refractivity contribution is -0.134. The Kier molecular flexibility index (Phi) is 10.9. The van der Waals surface area contributed by atoms with Gasteiger partial charge in [0.25, 0.3) is 0 Å². The number of pyridine rings is 2. The number of nitrogens with zero attached hydrogens (tertiary/aromatic N) is 4. The number of aliphatic carboxylic acids is 2. The van der Waals surface area contributed by atoms with Crippen molar-refractivity contribution < 1.29 is 19.8 Å². The summed E-state index contributed by atoms with van der Waals surface area (Å²) in [6, 6.07) is 23.7. The van der Waals surface area contributed by atoms with Crippen LogP contribution < -0.4 is 0 Å². The number of carboxylic acid groups (broad SMARTS) is 2. The zero-order valence-electron chi connectivity index (χ0n) is 24.9. The normalized spacial score (nSPS) is 13.8. The van der Waals surface area contributed by atoms with E-state index in [1.54, 1.807) is 0 Å². The highest BCUT2D eigenvalue weighted by Gasteiger charge is 2.18. The second kappa shape index (κ2) is 15.0. The number of piperazine rings is 1. The van der Waals surface area contributed by atoms with Crippen molar-refractivity contribution in [2.45, 2.75) is 33.9 Å². The zero-order valence-corrected chi connectivity index (χ0v) is 24.9. The molecule has 0 spiro atoms. The molecule has 0 atom stereocenters. The monoisotopic (exact) mass is 578 g/mol. The second-order valence-corrected chi connectivity index (χ2v) is 10.8. The van der Waals surface area contributed by atoms with Crippen molar-refractivity contribution in [3.63, 3.8) is 0 Å². The molecule has 2 aromatic carbocycles. The van der Waals surface area contributed by atoms with E-state index in [0.717, 1.165) is 50.7 Å². The molecule has 0 aliphatic carbocycles. The van der Waals surface area contributed by atoms with Crippen molar-refractivity contribution >= 4 is 11.9 Å². The van der Waals surface area contributed by atoms with Gasteiger partial charge in [-0.2, -0.15) is 0 Å². The molecular weight excluding hydrogens is 540 g/mol. The Balaban J connectivity index is 0.000000467. The molecule has 5 rings (SSSR count). The lowest BCUT2D eigenvalue weighted by Crippen LogP contribution is -2.45. The van der Waals surface area contributed by atoms with Crippen LogP contribution in [0.15, 0.2) is 91.3 Å². The maximum Gasteiger partial charge on any atom is 0.328 e. The fourth-order valence-corrected chi connectivity index (χ4v) is 5.02. The molecule has 1 aliphatic rings. The molecule has 4 aromatic rings. The topological polar surface area (TPSA) is 107 Å². The Morgan fingerprint density at radius 3 is 1.56 bits per heavy atom. The minimum atomic E-state index is -1.26. The van der Waals surface area contributed by atoms with Gasteiger partial charge in [0.2, 0.25) is 0 Å². The number of benzene rings is 2. The van der Waals surface area contributed by atoms with Gasteiger partial charge in [0.05, 0.1) is 11.4 Å². The third kappa shape index (κ3) is 9.43. The van der Waals surface area contributed by atoms with E-state index in [4.69, 9.17) is 10.2 Å². The van der Waals surface area contributed by atoms with E-state index < -0.39 is 11.9 Å². The number of aromatic nitrogens is 2. The number of rotatable bonds is 8. The Labute approximate surface area is 253 Å². The largest absolute Gasteiger partial charge is 0.478 e. The molecule has 0 amide bonds. The molecule has 0 radical (unpaired) electrons. The van der Waals surface area contributed by atoms with Crippen molar-refractivity contribution in [2.75, 3.05) is 26.2 Å². The van der Waals surface area contributed by atoms with Crippen molar-refractivity contribution in [1.82, 2.24) is 19.8 Å². The number of carboxylic acids is 2. The van der Waals surface area contributed by atoms with Crippen molar-refractivity contribution in [3.8, 4) is 22.5 Å². The standard InChI is InChI=1S/C31H34N4.C4H4O4/c1-23-17-29(18-24(2)25(23)3)31-20-27(10-12-33-31)22-35-15-13-34(14-16-35)21-26-9-11-32-30(19-26)28-7-5-4-6-8-28;5-3(6)1-2-4(7)8/h4-12,17-20H,13-16,21-22H2,1-3H3;1-2H,(H,5,6)(H,7,8)/b;2-1+. The number of carbonyl (C=O) groups is 2. The first-order valence-electron chi connectivity index (χ1n) is 14.3. The average Bonchev–Trinajstić information content (AvgIpc) is 3.01. The molecule has 222 valence electrons. The van der Waals surface area contributed by atoms with Gasteiger partial charge < -0.3 is 10.2 Å². The minimum Gasteiger partial charge on any atom is -0.478 e. The van der Waals surface area contributed by atoms with Gasteiger partial charge in [-0.25, -0.2) is 9.59 Å². The first-order valence-corrected chi connectivity index (χ1v) is 14.3. The van der Waals surface area contributed by atoms with Crippen LogP contribution in [0.2, 0.25) is 0 Å². The fourth-order valence-electron chi connectivity index (χ4n) is 5.02. The van der Waals surface area contributed by atoms with Crippen LogP contribution in [-0.4, -0.2) is 68.1 Å². The third-order valence-electron chi connectivity index (χ3n) is 7.59. The average molecular weight is 579 g/mol. The van der Waals surface area contributed by atoms with Gasteiger partial charge in [-0.05, 0) is 85.0 Å². The van der Waals surface area contributed by atoms with Crippen molar-refractivity contribution in [3.05, 3.63) is 119 Å². The Hall–Kier alpha value is -4.66. The molecule has 0 unspecified atom stereocenters. The van der Waals surface area contributed by atoms with Crippen LogP contribution in [0.3, 0.4) is 0 Å². The van der Waals surface area contributed by atoms with Crippen LogP contribution in [-0.2, 0) is 22.7 Å². The highest BCUT2D eigenvalue weighted by Crippen LogP contribution is 2.25. The summed E-state index contributed by atoms with van der Waals surface area (Å²) in [6.07, 6.45) is 5.01. The van der Waals surface area contributed by atoms with Gasteiger partial charge in [-0.1, -0.05) is 30.3 Å². The summed E-state index contributed by atoms with van der Waals surface area (Å²) in [7, 11) is 0. The molecule has 2 N–H and O–H groups in total. The Morgan fingerprint density at radius 2 is 1.12 bits per heavy atom. The molecule has 1 saturated heterocycles. The van der Waals surface area contributed by atoms with Crippen molar-refractivity contribution in [2.24, 2.45) is 0 Å². The molecule has 2 aromatic heterocycles. The maximum absolute atomic E-state index is 9.55. The van der Waals surface area contributed by atoms with Crippen LogP contribution in [0.4, 0.5) is 0 Å². The smallest absolute Gasteiger partial charge is 0.328 e. The molecule has 0 saturated carbocycles. The third-order valence-corrected chi connectivity index (χ3v) is 7.59. The summed E-state index contributed by atoms with van der Waals surface area (Å²) in [4.78, 5) is 33.5. The second-order valence-electron chi connectivity index (χ2n) is 10.8. The number of aryl methyl sites for hydroxylation is 2. The van der Waals surface area contributed by atoms with Gasteiger partial charge >= 0.3 is 11.9 Å². The summed E-state index contributed by atoms with van der Waals surface area (Å²) in [6.45, 7) is 12.8. The molecule has 8 nitrogen and oxygen atoms in total. The van der Waals surface area contributed by atoms with E-state index in [1.165, 1.54) is 38.9 Å². The van der Waals surface area contributed by atoms with E-state index >= 15 is 0 Å². The summed E-state index contributed by atoms with van der Waals surface area (Å²) in [5, 5.41) is 15.6. The Morgan fingerprint density at radius 1 is 0.674 bits per heavy atom. The van der Waals surface area contributed by atoms with Crippen LogP contribution >= 0.6 is 0 Å². The number of hydrogen-bond donors (Lipinski definition) is 2. The van der Waals surface area contributed by atoms with Gasteiger partial charge in [0, 0.05) is 74.9 Å². The predicted molar refractivity (Wildman–Crippen MR) is 169 cm³/mol. The molecule has 8 heteroatoms. The van der Waals surface area contributed by atoms with E-state index in [0.29, 0.717) is 12.2 Å². The highest BCUT2D eigenvalue weighted by atomic mass is 16.4. The van der Waals surface area contributed by atoms with Crippen LogP contribution in [0.1, 0.15) is 27.8 Å². The summed E-state index contributed by atoms with van der Waals surface area (Å²) in [5.74, 6) is -2.51. The van der Waals surface area contributed by atoms with E-state index in [9.17, 15) is 9.59 Å². The van der Waals surface area contributed by atoms with Gasteiger partial charge in [0.15, 0.2) is 0 Å². The lowest BCUT2D eigenvalue weighted by Gasteiger charge is -2.34. The summed E-state index contributed by atoms with van der Waals surface area (Å²) in [5.41, 5.74) is 11.2. The lowest BCUT2D eigenvalue weighted by atomic mass is 9.98.